The highest BCUT2D eigenvalue weighted by molar-refractivity contribution is 5.49. The Morgan fingerprint density at radius 1 is 1.20 bits per heavy atom. The summed E-state index contributed by atoms with van der Waals surface area (Å²) in [6, 6.07) is 2.48. The first-order valence-corrected chi connectivity index (χ1v) is 7.59. The van der Waals surface area contributed by atoms with Gasteiger partial charge in [-0.15, -0.1) is 0 Å². The number of aliphatic hydroxyl groups is 1. The van der Waals surface area contributed by atoms with Gasteiger partial charge in [-0.05, 0) is 81.4 Å². The van der Waals surface area contributed by atoms with Crippen molar-refractivity contribution in [1.82, 2.24) is 4.90 Å². The normalized spacial score (nSPS) is 17.4. The molecule has 0 spiro atoms. The summed E-state index contributed by atoms with van der Waals surface area (Å²) >= 11 is 0. The summed E-state index contributed by atoms with van der Waals surface area (Å²) in [5.41, 5.74) is 5.19. The third kappa shape index (κ3) is 2.84. The predicted molar refractivity (Wildman–Crippen MR) is 82.5 cm³/mol. The van der Waals surface area contributed by atoms with Gasteiger partial charge in [0.15, 0.2) is 0 Å². The largest absolute Gasteiger partial charge is 0.496 e. The van der Waals surface area contributed by atoms with Gasteiger partial charge in [0.1, 0.15) is 5.75 Å². The lowest BCUT2D eigenvalue weighted by molar-refractivity contribution is 0.184. The maximum absolute atomic E-state index is 9.46. The molecule has 1 unspecified atom stereocenters. The molecule has 2 rings (SSSR count). The van der Waals surface area contributed by atoms with Crippen LogP contribution in [0, 0.1) is 20.8 Å². The third-order valence-electron chi connectivity index (χ3n) is 4.65. The summed E-state index contributed by atoms with van der Waals surface area (Å²) in [4.78, 5) is 2.53. The highest BCUT2D eigenvalue weighted by Gasteiger charge is 2.26. The lowest BCUT2D eigenvalue weighted by Gasteiger charge is -2.31. The zero-order chi connectivity index (χ0) is 14.7. The van der Waals surface area contributed by atoms with Gasteiger partial charge in [0.25, 0.3) is 0 Å². The van der Waals surface area contributed by atoms with Gasteiger partial charge >= 0.3 is 0 Å². The van der Waals surface area contributed by atoms with E-state index in [1.54, 1.807) is 7.11 Å². The second-order valence-electron chi connectivity index (χ2n) is 5.83. The average molecular weight is 277 g/mol. The van der Waals surface area contributed by atoms with Gasteiger partial charge in [-0.1, -0.05) is 0 Å². The van der Waals surface area contributed by atoms with Crippen LogP contribution in [0.15, 0.2) is 6.07 Å². The minimum absolute atomic E-state index is 0.241. The summed E-state index contributed by atoms with van der Waals surface area (Å²) in [5.74, 6) is 0.966. The van der Waals surface area contributed by atoms with Crippen LogP contribution in [0.1, 0.15) is 47.6 Å². The van der Waals surface area contributed by atoms with Crippen LogP contribution in [0.3, 0.4) is 0 Å². The number of hydrogen-bond donors (Lipinski definition) is 1. The molecule has 1 atom stereocenters. The summed E-state index contributed by atoms with van der Waals surface area (Å²) in [5, 5.41) is 9.46. The molecule has 112 valence electrons. The van der Waals surface area contributed by atoms with Crippen molar-refractivity contribution in [2.45, 2.75) is 46.1 Å². The van der Waals surface area contributed by atoms with E-state index in [4.69, 9.17) is 4.74 Å². The molecule has 1 aromatic carbocycles. The maximum Gasteiger partial charge on any atom is 0.122 e. The van der Waals surface area contributed by atoms with E-state index in [0.29, 0.717) is 6.04 Å². The molecule has 0 amide bonds. The zero-order valence-corrected chi connectivity index (χ0v) is 13.2. The molecule has 1 aliphatic heterocycles. The van der Waals surface area contributed by atoms with Crippen molar-refractivity contribution in [2.24, 2.45) is 0 Å². The second kappa shape index (κ2) is 6.59. The Labute approximate surface area is 122 Å². The van der Waals surface area contributed by atoms with E-state index in [1.165, 1.54) is 35.1 Å². The van der Waals surface area contributed by atoms with Gasteiger partial charge in [0, 0.05) is 12.6 Å². The number of hydrogen-bond acceptors (Lipinski definition) is 3. The first-order chi connectivity index (χ1) is 9.60. The third-order valence-corrected chi connectivity index (χ3v) is 4.65. The topological polar surface area (TPSA) is 32.7 Å². The van der Waals surface area contributed by atoms with Crippen molar-refractivity contribution in [3.05, 3.63) is 28.3 Å². The van der Waals surface area contributed by atoms with Crippen LogP contribution >= 0.6 is 0 Å². The minimum Gasteiger partial charge on any atom is -0.496 e. The highest BCUT2D eigenvalue weighted by Crippen LogP contribution is 2.36. The van der Waals surface area contributed by atoms with Crippen molar-refractivity contribution in [3.63, 3.8) is 0 Å². The number of aryl methyl sites for hydroxylation is 1. The number of ether oxygens (including phenoxy) is 1. The van der Waals surface area contributed by atoms with Crippen molar-refractivity contribution < 1.29 is 9.84 Å². The summed E-state index contributed by atoms with van der Waals surface area (Å²) in [7, 11) is 1.73. The van der Waals surface area contributed by atoms with E-state index in [-0.39, 0.29) is 6.61 Å². The van der Waals surface area contributed by atoms with Gasteiger partial charge in [-0.25, -0.2) is 0 Å². The standard InChI is InChI=1S/C17H27NO2/c1-12-11-16(20-4)13(2)14(3)17(12)15(7-10-19)18-8-5-6-9-18/h11,15,19H,5-10H2,1-4H3. The summed E-state index contributed by atoms with van der Waals surface area (Å²) < 4.78 is 5.46. The van der Waals surface area contributed by atoms with Crippen LogP contribution in [-0.2, 0) is 0 Å². The van der Waals surface area contributed by atoms with Crippen molar-refractivity contribution >= 4 is 0 Å². The highest BCUT2D eigenvalue weighted by atomic mass is 16.5. The van der Waals surface area contributed by atoms with Gasteiger partial charge in [0.2, 0.25) is 0 Å². The number of benzene rings is 1. The summed E-state index contributed by atoms with van der Waals surface area (Å²) in [6.45, 7) is 9.00. The quantitative estimate of drug-likeness (QED) is 0.897. The Morgan fingerprint density at radius 2 is 1.85 bits per heavy atom. The number of rotatable bonds is 5. The van der Waals surface area contributed by atoms with E-state index >= 15 is 0 Å². The Hall–Kier alpha value is -1.06. The molecule has 0 saturated carbocycles. The van der Waals surface area contributed by atoms with E-state index in [1.807, 2.05) is 0 Å². The first kappa shape index (κ1) is 15.3. The number of aliphatic hydroxyl groups excluding tert-OH is 1. The lowest BCUT2D eigenvalue weighted by Crippen LogP contribution is -2.28. The zero-order valence-electron chi connectivity index (χ0n) is 13.2. The van der Waals surface area contributed by atoms with Gasteiger partial charge in [-0.2, -0.15) is 0 Å². The van der Waals surface area contributed by atoms with Crippen LogP contribution in [0.4, 0.5) is 0 Å². The Kier molecular flexibility index (Phi) is 5.06. The van der Waals surface area contributed by atoms with Crippen LogP contribution < -0.4 is 4.74 Å². The molecule has 0 bridgehead atoms. The van der Waals surface area contributed by atoms with E-state index in [9.17, 15) is 5.11 Å². The van der Waals surface area contributed by atoms with E-state index in [2.05, 4.69) is 31.7 Å². The van der Waals surface area contributed by atoms with Gasteiger partial charge in [-0.3, -0.25) is 4.90 Å². The minimum atomic E-state index is 0.241. The lowest BCUT2D eigenvalue weighted by atomic mass is 9.90. The molecule has 1 heterocycles. The Balaban J connectivity index is 2.44. The Bertz CT molecular complexity index is 465. The molecule has 1 fully saturated rings. The molecule has 20 heavy (non-hydrogen) atoms. The predicted octanol–water partition coefficient (Wildman–Crippen LogP) is 3.14. The van der Waals surface area contributed by atoms with E-state index in [0.717, 1.165) is 25.3 Å². The van der Waals surface area contributed by atoms with Crippen LogP contribution in [0.2, 0.25) is 0 Å². The molecule has 3 nitrogen and oxygen atoms in total. The molecular weight excluding hydrogens is 250 g/mol. The SMILES string of the molecule is COc1cc(C)c(C(CCO)N2CCCC2)c(C)c1C. The van der Waals surface area contributed by atoms with Crippen molar-refractivity contribution in [1.29, 1.82) is 0 Å². The molecule has 1 N–H and O–H groups in total. The fourth-order valence-electron chi connectivity index (χ4n) is 3.47. The maximum atomic E-state index is 9.46. The molecule has 0 aliphatic carbocycles. The van der Waals surface area contributed by atoms with Crippen LogP contribution in [0.5, 0.6) is 5.75 Å². The first-order valence-electron chi connectivity index (χ1n) is 7.59. The average Bonchev–Trinajstić information content (AvgIpc) is 2.95. The van der Waals surface area contributed by atoms with Crippen LogP contribution in [-0.4, -0.2) is 36.8 Å². The van der Waals surface area contributed by atoms with Crippen molar-refractivity contribution in [2.75, 3.05) is 26.8 Å². The Morgan fingerprint density at radius 3 is 2.40 bits per heavy atom. The molecule has 1 aromatic rings. The molecular formula is C17H27NO2. The summed E-state index contributed by atoms with van der Waals surface area (Å²) in [6.07, 6.45) is 3.36. The fourth-order valence-corrected chi connectivity index (χ4v) is 3.47. The van der Waals surface area contributed by atoms with Gasteiger partial charge < -0.3 is 9.84 Å². The van der Waals surface area contributed by atoms with Gasteiger partial charge in [0.05, 0.1) is 7.11 Å². The second-order valence-corrected chi connectivity index (χ2v) is 5.83. The molecule has 0 aromatic heterocycles. The number of nitrogens with zero attached hydrogens (tertiary/aromatic N) is 1. The van der Waals surface area contributed by atoms with E-state index < -0.39 is 0 Å². The number of methoxy groups -OCH3 is 1. The smallest absolute Gasteiger partial charge is 0.122 e. The molecule has 1 aliphatic rings. The molecule has 0 radical (unpaired) electrons. The molecule has 3 heteroatoms. The van der Waals surface area contributed by atoms with Crippen molar-refractivity contribution in [3.8, 4) is 5.75 Å². The van der Waals surface area contributed by atoms with Crippen LogP contribution in [0.25, 0.3) is 0 Å². The monoisotopic (exact) mass is 277 g/mol. The molecule has 1 saturated heterocycles. The fraction of sp³-hybridized carbons (Fsp3) is 0.647. The number of likely N-dealkylation sites (tertiary alicyclic amines) is 1.